The number of nitrogens with one attached hydrogen (secondary N) is 1. The number of ether oxygens (including phenoxy) is 1. The van der Waals surface area contributed by atoms with Crippen molar-refractivity contribution in [2.24, 2.45) is 11.7 Å². The molecule has 1 aromatic rings. The molecule has 0 aliphatic rings. The third-order valence-corrected chi connectivity index (χ3v) is 3.43. The number of methoxy groups -OCH3 is 1. The predicted molar refractivity (Wildman–Crippen MR) is 81.5 cm³/mol. The fraction of sp³-hybridized carbons (Fsp3) is 0.429. The molecule has 0 aliphatic carbocycles. The molecule has 0 saturated carbocycles. The summed E-state index contributed by atoms with van der Waals surface area (Å²) in [4.78, 5) is 22.9. The van der Waals surface area contributed by atoms with Gasteiger partial charge in [-0.25, -0.2) is 4.79 Å². The van der Waals surface area contributed by atoms with E-state index in [0.717, 1.165) is 0 Å². The highest BCUT2D eigenvalue weighted by molar-refractivity contribution is 9.10. The molecule has 1 atom stereocenters. The minimum absolute atomic E-state index is 0.315. The lowest BCUT2D eigenvalue weighted by atomic mass is 10.0. The van der Waals surface area contributed by atoms with Gasteiger partial charge in [0.15, 0.2) is 0 Å². The number of anilines is 1. The molecule has 5 nitrogen and oxygen atoms in total. The molecule has 6 heteroatoms. The van der Waals surface area contributed by atoms with Crippen LogP contribution in [-0.2, 0) is 9.53 Å². The number of rotatable bonds is 6. The Morgan fingerprint density at radius 1 is 1.40 bits per heavy atom. The van der Waals surface area contributed by atoms with Gasteiger partial charge in [0.25, 0.3) is 0 Å². The molecule has 0 aliphatic heterocycles. The monoisotopic (exact) mass is 342 g/mol. The molecule has 0 spiro atoms. The van der Waals surface area contributed by atoms with Gasteiger partial charge in [-0.1, -0.05) is 13.8 Å². The highest BCUT2D eigenvalue weighted by Gasteiger charge is 2.21. The zero-order valence-electron chi connectivity index (χ0n) is 11.8. The third-order valence-electron chi connectivity index (χ3n) is 2.78. The van der Waals surface area contributed by atoms with Crippen molar-refractivity contribution in [3.63, 3.8) is 0 Å². The van der Waals surface area contributed by atoms with Crippen LogP contribution in [0.1, 0.15) is 30.6 Å². The lowest BCUT2D eigenvalue weighted by Crippen LogP contribution is -2.32. The molecule has 1 aromatic carbocycles. The molecule has 20 heavy (non-hydrogen) atoms. The van der Waals surface area contributed by atoms with Gasteiger partial charge in [0.05, 0.1) is 7.11 Å². The maximum Gasteiger partial charge on any atom is 0.328 e. The minimum Gasteiger partial charge on any atom is -0.467 e. The average molecular weight is 343 g/mol. The Morgan fingerprint density at radius 3 is 2.50 bits per heavy atom. The minimum atomic E-state index is -0.496. The lowest BCUT2D eigenvalue weighted by molar-refractivity contribution is -0.141. The van der Waals surface area contributed by atoms with Crippen LogP contribution < -0.4 is 11.1 Å². The zero-order valence-corrected chi connectivity index (χ0v) is 13.4. The van der Waals surface area contributed by atoms with Gasteiger partial charge >= 0.3 is 5.97 Å². The van der Waals surface area contributed by atoms with Gasteiger partial charge in [-0.05, 0) is 46.5 Å². The van der Waals surface area contributed by atoms with E-state index in [0.29, 0.717) is 28.1 Å². The van der Waals surface area contributed by atoms with Gasteiger partial charge in [0, 0.05) is 15.7 Å². The van der Waals surface area contributed by atoms with Crippen LogP contribution in [-0.4, -0.2) is 25.0 Å². The van der Waals surface area contributed by atoms with Gasteiger partial charge < -0.3 is 15.8 Å². The molecule has 0 fully saturated rings. The molecule has 1 unspecified atom stereocenters. The van der Waals surface area contributed by atoms with E-state index < -0.39 is 11.9 Å². The summed E-state index contributed by atoms with van der Waals surface area (Å²) in [5.41, 5.74) is 6.33. The van der Waals surface area contributed by atoms with Gasteiger partial charge in [-0.15, -0.1) is 0 Å². The second-order valence-corrected chi connectivity index (χ2v) is 5.76. The first-order chi connectivity index (χ1) is 9.35. The van der Waals surface area contributed by atoms with Crippen molar-refractivity contribution >= 4 is 33.5 Å². The summed E-state index contributed by atoms with van der Waals surface area (Å²) in [5, 5.41) is 3.12. The van der Waals surface area contributed by atoms with Crippen LogP contribution in [0, 0.1) is 5.92 Å². The van der Waals surface area contributed by atoms with E-state index in [2.05, 4.69) is 21.2 Å². The Bertz CT molecular complexity index is 503. The third kappa shape index (κ3) is 4.52. The summed E-state index contributed by atoms with van der Waals surface area (Å²) in [7, 11) is 1.36. The highest BCUT2D eigenvalue weighted by atomic mass is 79.9. The first kappa shape index (κ1) is 16.5. The molecule has 3 N–H and O–H groups in total. The molecular formula is C14H19BrN2O3. The lowest BCUT2D eigenvalue weighted by Gasteiger charge is -2.20. The first-order valence-electron chi connectivity index (χ1n) is 6.28. The predicted octanol–water partition coefficient (Wildman–Crippen LogP) is 2.55. The molecule has 0 radical (unpaired) electrons. The number of hydrogen-bond donors (Lipinski definition) is 2. The van der Waals surface area contributed by atoms with Crippen molar-refractivity contribution in [3.05, 3.63) is 28.2 Å². The van der Waals surface area contributed by atoms with Crippen LogP contribution >= 0.6 is 15.9 Å². The number of hydrogen-bond acceptors (Lipinski definition) is 4. The largest absolute Gasteiger partial charge is 0.467 e. The number of carbonyl (C=O) groups excluding carboxylic acids is 2. The summed E-state index contributed by atoms with van der Waals surface area (Å²) >= 11 is 3.36. The number of esters is 1. The average Bonchev–Trinajstić information content (AvgIpc) is 2.38. The fourth-order valence-corrected chi connectivity index (χ4v) is 2.29. The molecular weight excluding hydrogens is 324 g/mol. The van der Waals surface area contributed by atoms with E-state index in [1.165, 1.54) is 7.11 Å². The first-order valence-corrected chi connectivity index (χ1v) is 7.08. The maximum atomic E-state index is 11.8. The Hall–Kier alpha value is -1.56. The normalized spacial score (nSPS) is 12.1. The van der Waals surface area contributed by atoms with Crippen LogP contribution in [0.5, 0.6) is 0 Å². The van der Waals surface area contributed by atoms with Crippen molar-refractivity contribution in [3.8, 4) is 0 Å². The van der Waals surface area contributed by atoms with Crippen LogP contribution in [0.25, 0.3) is 0 Å². The second-order valence-electron chi connectivity index (χ2n) is 4.91. The van der Waals surface area contributed by atoms with E-state index in [-0.39, 0.29) is 5.97 Å². The van der Waals surface area contributed by atoms with Crippen molar-refractivity contribution < 1.29 is 14.3 Å². The summed E-state index contributed by atoms with van der Waals surface area (Å²) in [6.07, 6.45) is 0.649. The Morgan fingerprint density at radius 2 is 2.05 bits per heavy atom. The number of primary amides is 1. The Balaban J connectivity index is 2.93. The smallest absolute Gasteiger partial charge is 0.328 e. The fourth-order valence-electron chi connectivity index (χ4n) is 1.80. The van der Waals surface area contributed by atoms with E-state index in [1.807, 2.05) is 13.8 Å². The molecule has 0 bridgehead atoms. The van der Waals surface area contributed by atoms with E-state index >= 15 is 0 Å². The summed E-state index contributed by atoms with van der Waals surface area (Å²) < 4.78 is 5.47. The molecule has 110 valence electrons. The van der Waals surface area contributed by atoms with Crippen LogP contribution in [0.4, 0.5) is 5.69 Å². The molecule has 1 amide bonds. The second kappa shape index (κ2) is 7.28. The van der Waals surface area contributed by atoms with Crippen molar-refractivity contribution in [2.75, 3.05) is 12.4 Å². The quantitative estimate of drug-likeness (QED) is 0.778. The number of benzene rings is 1. The molecule has 0 aromatic heterocycles. The van der Waals surface area contributed by atoms with Crippen LogP contribution in [0.2, 0.25) is 0 Å². The number of carbonyl (C=O) groups is 2. The van der Waals surface area contributed by atoms with Crippen LogP contribution in [0.3, 0.4) is 0 Å². The van der Waals surface area contributed by atoms with Crippen LogP contribution in [0.15, 0.2) is 22.7 Å². The van der Waals surface area contributed by atoms with Gasteiger partial charge in [-0.2, -0.15) is 0 Å². The molecule has 0 saturated heterocycles. The van der Waals surface area contributed by atoms with Crippen molar-refractivity contribution in [1.82, 2.24) is 0 Å². The Kier molecular flexibility index (Phi) is 6.01. The van der Waals surface area contributed by atoms with E-state index in [4.69, 9.17) is 10.5 Å². The highest BCUT2D eigenvalue weighted by Crippen LogP contribution is 2.25. The standard InChI is InChI=1S/C14H19BrN2O3/c1-8(2)6-12(14(19)20-3)17-11-5-4-9(13(16)18)7-10(11)15/h4-5,7-8,12,17H,6H2,1-3H3,(H2,16,18). The topological polar surface area (TPSA) is 81.4 Å². The van der Waals surface area contributed by atoms with E-state index in [1.54, 1.807) is 18.2 Å². The summed E-state index contributed by atoms with van der Waals surface area (Å²) in [6, 6.07) is 4.50. The zero-order chi connectivity index (χ0) is 15.3. The molecule has 1 rings (SSSR count). The molecule has 0 heterocycles. The maximum absolute atomic E-state index is 11.8. The summed E-state index contributed by atoms with van der Waals surface area (Å²) in [5.74, 6) is -0.469. The SMILES string of the molecule is COC(=O)C(CC(C)C)Nc1ccc(C(N)=O)cc1Br. The number of amides is 1. The number of halogens is 1. The van der Waals surface area contributed by atoms with Gasteiger partial charge in [0.1, 0.15) is 6.04 Å². The Labute approximate surface area is 127 Å². The van der Waals surface area contributed by atoms with E-state index in [9.17, 15) is 9.59 Å². The van der Waals surface area contributed by atoms with Crippen molar-refractivity contribution in [1.29, 1.82) is 0 Å². The van der Waals surface area contributed by atoms with Gasteiger partial charge in [-0.3, -0.25) is 4.79 Å². The summed E-state index contributed by atoms with van der Waals surface area (Å²) in [6.45, 7) is 4.06. The number of nitrogens with two attached hydrogens (primary N) is 1. The van der Waals surface area contributed by atoms with Gasteiger partial charge in [0.2, 0.25) is 5.91 Å². The van der Waals surface area contributed by atoms with Crippen molar-refractivity contribution in [2.45, 2.75) is 26.3 Å².